The highest BCUT2D eigenvalue weighted by Gasteiger charge is 2.29. The van der Waals surface area contributed by atoms with Gasteiger partial charge in [0.1, 0.15) is 6.04 Å². The second-order valence-electron chi connectivity index (χ2n) is 8.47. The molecule has 0 saturated carbocycles. The number of carboxylic acid groups (broad SMARTS) is 1. The highest BCUT2D eigenvalue weighted by Crippen LogP contribution is 2.32. The molecule has 0 spiro atoms. The number of fused-ring (bicyclic) bond motifs is 1. The number of nitrogens with one attached hydrogen (secondary N) is 2. The maximum Gasteiger partial charge on any atom is 0.322 e. The van der Waals surface area contributed by atoms with Gasteiger partial charge in [0.15, 0.2) is 23.0 Å². The average Bonchev–Trinajstić information content (AvgIpc) is 3.35. The molecular formula is C25H21ClF2N6O4. The monoisotopic (exact) mass is 542 g/mol. The number of piperazine rings is 1. The lowest BCUT2D eigenvalue weighted by molar-refractivity contribution is -0.140. The van der Waals surface area contributed by atoms with Crippen LogP contribution in [0.25, 0.3) is 16.9 Å². The van der Waals surface area contributed by atoms with Crippen molar-refractivity contribution in [3.8, 4) is 17.0 Å². The zero-order valence-electron chi connectivity index (χ0n) is 19.9. The van der Waals surface area contributed by atoms with Crippen LogP contribution in [0.3, 0.4) is 0 Å². The van der Waals surface area contributed by atoms with E-state index >= 15 is 0 Å². The lowest BCUT2D eigenvalue weighted by Crippen LogP contribution is -2.55. The van der Waals surface area contributed by atoms with Crippen LogP contribution in [0.4, 0.5) is 20.3 Å². The zero-order valence-corrected chi connectivity index (χ0v) is 20.7. The maximum atomic E-state index is 14.7. The van der Waals surface area contributed by atoms with Gasteiger partial charge in [-0.25, -0.2) is 14.4 Å². The van der Waals surface area contributed by atoms with Gasteiger partial charge in [-0.05, 0) is 30.3 Å². The lowest BCUT2D eigenvalue weighted by atomic mass is 10.1. The molecular weight excluding hydrogens is 522 g/mol. The fourth-order valence-electron chi connectivity index (χ4n) is 4.27. The molecule has 5 rings (SSSR count). The number of aliphatic carboxylic acids is 1. The molecule has 1 amide bonds. The summed E-state index contributed by atoms with van der Waals surface area (Å²) in [6.07, 6.45) is 4.44. The summed E-state index contributed by atoms with van der Waals surface area (Å²) in [5.41, 5.74) is 1.38. The minimum absolute atomic E-state index is 0.00286. The Labute approximate surface area is 219 Å². The van der Waals surface area contributed by atoms with Gasteiger partial charge in [-0.1, -0.05) is 11.6 Å². The molecule has 4 aromatic rings. The van der Waals surface area contributed by atoms with E-state index in [0.717, 1.165) is 0 Å². The summed E-state index contributed by atoms with van der Waals surface area (Å²) >= 11 is 6.42. The number of imidazole rings is 1. The fraction of sp³-hybridized carbons (Fsp3) is 0.200. The molecule has 2 aromatic heterocycles. The molecule has 1 fully saturated rings. The number of carbonyl (C=O) groups is 2. The van der Waals surface area contributed by atoms with Crippen LogP contribution in [-0.2, 0) is 4.79 Å². The van der Waals surface area contributed by atoms with Gasteiger partial charge in [0.2, 0.25) is 5.82 Å². The van der Waals surface area contributed by atoms with Crippen LogP contribution >= 0.6 is 11.6 Å². The zero-order chi connectivity index (χ0) is 27.0. The minimum Gasteiger partial charge on any atom is -0.494 e. The van der Waals surface area contributed by atoms with Crippen molar-refractivity contribution in [1.29, 1.82) is 0 Å². The lowest BCUT2D eigenvalue weighted by Gasteiger charge is -2.31. The van der Waals surface area contributed by atoms with E-state index in [-0.39, 0.29) is 34.4 Å². The molecule has 1 unspecified atom stereocenters. The van der Waals surface area contributed by atoms with Crippen LogP contribution in [0.2, 0.25) is 5.02 Å². The highest BCUT2D eigenvalue weighted by atomic mass is 35.5. The molecule has 1 aliphatic heterocycles. The number of aromatic nitrogens is 3. The van der Waals surface area contributed by atoms with Gasteiger partial charge in [0, 0.05) is 43.3 Å². The molecule has 1 atom stereocenters. The normalized spacial score (nSPS) is 15.5. The molecule has 13 heteroatoms. The summed E-state index contributed by atoms with van der Waals surface area (Å²) in [4.78, 5) is 34.3. The van der Waals surface area contributed by atoms with Crippen LogP contribution in [0.1, 0.15) is 10.4 Å². The Morgan fingerprint density at radius 2 is 2.03 bits per heavy atom. The summed E-state index contributed by atoms with van der Waals surface area (Å²) < 4.78 is 35.4. The second kappa shape index (κ2) is 10.2. The molecule has 1 aliphatic rings. The summed E-state index contributed by atoms with van der Waals surface area (Å²) in [5.74, 6) is -3.46. The number of rotatable bonds is 6. The fourth-order valence-corrected chi connectivity index (χ4v) is 4.53. The third-order valence-electron chi connectivity index (χ3n) is 6.19. The van der Waals surface area contributed by atoms with Crippen LogP contribution < -0.4 is 15.4 Å². The van der Waals surface area contributed by atoms with Crippen molar-refractivity contribution in [3.05, 3.63) is 71.1 Å². The van der Waals surface area contributed by atoms with Gasteiger partial charge in [-0.15, -0.1) is 0 Å². The Hall–Kier alpha value is -4.29. The van der Waals surface area contributed by atoms with E-state index in [4.69, 9.17) is 16.3 Å². The molecule has 2 aromatic carbocycles. The molecule has 0 bridgehead atoms. The van der Waals surface area contributed by atoms with Gasteiger partial charge < -0.3 is 25.4 Å². The van der Waals surface area contributed by atoms with Crippen molar-refractivity contribution >= 4 is 40.6 Å². The van der Waals surface area contributed by atoms with E-state index in [1.807, 2.05) is 0 Å². The van der Waals surface area contributed by atoms with E-state index in [9.17, 15) is 23.5 Å². The van der Waals surface area contributed by atoms with Crippen LogP contribution in [0.5, 0.6) is 5.75 Å². The molecule has 3 N–H and O–H groups in total. The number of ether oxygens (including phenoxy) is 1. The number of amides is 1. The highest BCUT2D eigenvalue weighted by molar-refractivity contribution is 6.34. The van der Waals surface area contributed by atoms with E-state index in [1.165, 1.54) is 42.6 Å². The molecule has 38 heavy (non-hydrogen) atoms. The van der Waals surface area contributed by atoms with Gasteiger partial charge in [0.05, 0.1) is 29.6 Å². The predicted octanol–water partition coefficient (Wildman–Crippen LogP) is 3.58. The quantitative estimate of drug-likeness (QED) is 0.338. The van der Waals surface area contributed by atoms with Crippen LogP contribution in [0.15, 0.2) is 48.9 Å². The van der Waals surface area contributed by atoms with E-state index in [2.05, 4.69) is 20.6 Å². The van der Waals surface area contributed by atoms with Crippen molar-refractivity contribution in [2.75, 3.05) is 32.1 Å². The topological polar surface area (TPSA) is 121 Å². The summed E-state index contributed by atoms with van der Waals surface area (Å²) in [6, 6.07) is 6.60. The first kappa shape index (κ1) is 25.4. The number of carboxylic acids is 1. The molecule has 196 valence electrons. The number of anilines is 2. The standard InChI is InChI=1S/C25H21ClF2N6O4/c1-38-19-5-4-15(20(27)21(19)28)18-11-31-23-22(30-7-9-34(18)23)32-13-2-3-14(16(26)10-13)24(35)33-8-6-29-17(12-33)25(36)37/h2-5,7,9-11,17,29H,6,8,12H2,1H3,(H,30,32)(H,36,37). The molecule has 10 nitrogen and oxygen atoms in total. The Morgan fingerprint density at radius 3 is 2.76 bits per heavy atom. The van der Waals surface area contributed by atoms with Crippen molar-refractivity contribution in [2.45, 2.75) is 6.04 Å². The summed E-state index contributed by atoms with van der Waals surface area (Å²) in [5, 5.41) is 15.3. The molecule has 0 aliphatic carbocycles. The number of benzene rings is 2. The Bertz CT molecular complexity index is 1560. The van der Waals surface area contributed by atoms with Crippen molar-refractivity contribution in [2.24, 2.45) is 0 Å². The van der Waals surface area contributed by atoms with Crippen molar-refractivity contribution in [1.82, 2.24) is 24.6 Å². The number of methoxy groups -OCH3 is 1. The number of carbonyl (C=O) groups excluding carboxylic acids is 1. The number of nitrogens with zero attached hydrogens (tertiary/aromatic N) is 4. The van der Waals surface area contributed by atoms with Crippen LogP contribution in [0, 0.1) is 11.6 Å². The number of hydrogen-bond acceptors (Lipinski definition) is 7. The molecule has 1 saturated heterocycles. The van der Waals surface area contributed by atoms with E-state index in [0.29, 0.717) is 35.9 Å². The van der Waals surface area contributed by atoms with Gasteiger partial charge >= 0.3 is 5.97 Å². The van der Waals surface area contributed by atoms with Gasteiger partial charge in [0.25, 0.3) is 5.91 Å². The third kappa shape index (κ3) is 4.59. The van der Waals surface area contributed by atoms with Crippen molar-refractivity contribution < 1.29 is 28.2 Å². The summed E-state index contributed by atoms with van der Waals surface area (Å²) in [7, 11) is 1.25. The molecule has 0 radical (unpaired) electrons. The smallest absolute Gasteiger partial charge is 0.322 e. The third-order valence-corrected chi connectivity index (χ3v) is 6.51. The van der Waals surface area contributed by atoms with Gasteiger partial charge in [-0.2, -0.15) is 4.39 Å². The Kier molecular flexibility index (Phi) is 6.83. The minimum atomic E-state index is -1.10. The maximum absolute atomic E-state index is 14.7. The first-order valence-corrected chi connectivity index (χ1v) is 11.8. The summed E-state index contributed by atoms with van der Waals surface area (Å²) in [6.45, 7) is 0.734. The van der Waals surface area contributed by atoms with Crippen molar-refractivity contribution in [3.63, 3.8) is 0 Å². The Balaban J connectivity index is 1.40. The number of hydrogen-bond donors (Lipinski definition) is 3. The SMILES string of the molecule is COc1ccc(-c2cnc3c(Nc4ccc(C(=O)N5CCNC(C(=O)O)C5)c(Cl)c4)nccn23)c(F)c1F. The first-order valence-electron chi connectivity index (χ1n) is 11.4. The molecule has 3 heterocycles. The Morgan fingerprint density at radius 1 is 1.21 bits per heavy atom. The van der Waals surface area contributed by atoms with Gasteiger partial charge in [-0.3, -0.25) is 14.0 Å². The van der Waals surface area contributed by atoms with E-state index in [1.54, 1.807) is 22.7 Å². The average molecular weight is 543 g/mol. The second-order valence-corrected chi connectivity index (χ2v) is 8.88. The van der Waals surface area contributed by atoms with E-state index < -0.39 is 23.6 Å². The van der Waals surface area contributed by atoms with Crippen LogP contribution in [-0.4, -0.2) is 69.0 Å². The number of halogens is 3. The first-order chi connectivity index (χ1) is 18.3. The predicted molar refractivity (Wildman–Crippen MR) is 135 cm³/mol. The largest absolute Gasteiger partial charge is 0.494 e.